The van der Waals surface area contributed by atoms with Gasteiger partial charge in [-0.05, 0) is 41.5 Å². The highest BCUT2D eigenvalue weighted by Crippen LogP contribution is 2.27. The van der Waals surface area contributed by atoms with Crippen molar-refractivity contribution in [3.8, 4) is 11.9 Å². The molecule has 1 fully saturated rings. The van der Waals surface area contributed by atoms with Gasteiger partial charge in [0.2, 0.25) is 0 Å². The molecule has 24 heavy (non-hydrogen) atoms. The Labute approximate surface area is 153 Å². The van der Waals surface area contributed by atoms with E-state index >= 15 is 0 Å². The molecule has 0 atom stereocenters. The zero-order valence-corrected chi connectivity index (χ0v) is 15.1. The van der Waals surface area contributed by atoms with E-state index in [4.69, 9.17) is 5.26 Å². The smallest absolute Gasteiger partial charge is 0.164 e. The van der Waals surface area contributed by atoms with E-state index in [-0.39, 0.29) is 0 Å². The average Bonchev–Trinajstić information content (AvgIpc) is 3.25. The molecule has 0 aliphatic heterocycles. The lowest BCUT2D eigenvalue weighted by Gasteiger charge is -2.15. The van der Waals surface area contributed by atoms with E-state index in [0.29, 0.717) is 17.3 Å². The van der Waals surface area contributed by atoms with Crippen molar-refractivity contribution in [2.75, 3.05) is 5.32 Å². The summed E-state index contributed by atoms with van der Waals surface area (Å²) in [4.78, 5) is 8.86. The van der Waals surface area contributed by atoms with Gasteiger partial charge in [-0.15, -0.1) is 0 Å². The summed E-state index contributed by atoms with van der Waals surface area (Å²) in [6.07, 6.45) is 10.2. The maximum atomic E-state index is 8.98. The van der Waals surface area contributed by atoms with Crippen molar-refractivity contribution < 1.29 is 0 Å². The molecule has 120 valence electrons. The van der Waals surface area contributed by atoms with E-state index < -0.39 is 0 Å². The van der Waals surface area contributed by atoms with Crippen LogP contribution in [0, 0.1) is 14.9 Å². The van der Waals surface area contributed by atoms with Gasteiger partial charge in [0.1, 0.15) is 6.07 Å². The lowest BCUT2D eigenvalue weighted by atomic mass is 10.2. The summed E-state index contributed by atoms with van der Waals surface area (Å²) in [7, 11) is 0. The van der Waals surface area contributed by atoms with E-state index in [9.17, 15) is 0 Å². The standard InChI is InChI=1S/C17H15IN6/c18-14-10-20-16(6-15(14)23-13-3-1-2-4-13)24-17-12(9-22-24)5-11(7-19)8-21-17/h5-6,8-10,13H,1-4H2,(H,20,23). The second-order valence-corrected chi connectivity index (χ2v) is 7.12. The maximum Gasteiger partial charge on any atom is 0.164 e. The first kappa shape index (κ1) is 15.3. The number of halogens is 1. The molecule has 0 amide bonds. The van der Waals surface area contributed by atoms with Gasteiger partial charge in [-0.3, -0.25) is 0 Å². The number of pyridine rings is 2. The zero-order valence-electron chi connectivity index (χ0n) is 12.9. The monoisotopic (exact) mass is 430 g/mol. The molecule has 0 radical (unpaired) electrons. The third-order valence-corrected chi connectivity index (χ3v) is 5.17. The number of hydrogen-bond donors (Lipinski definition) is 1. The minimum Gasteiger partial charge on any atom is -0.381 e. The molecule has 1 aliphatic carbocycles. The molecule has 0 bridgehead atoms. The van der Waals surface area contributed by atoms with Crippen LogP contribution in [0.3, 0.4) is 0 Å². The Morgan fingerprint density at radius 3 is 2.79 bits per heavy atom. The lowest BCUT2D eigenvalue weighted by Crippen LogP contribution is -2.16. The summed E-state index contributed by atoms with van der Waals surface area (Å²) < 4.78 is 2.81. The van der Waals surface area contributed by atoms with Gasteiger partial charge < -0.3 is 5.32 Å². The molecule has 6 nitrogen and oxygen atoms in total. The van der Waals surface area contributed by atoms with Crippen molar-refractivity contribution >= 4 is 39.3 Å². The van der Waals surface area contributed by atoms with Crippen molar-refractivity contribution in [3.05, 3.63) is 39.9 Å². The molecule has 0 spiro atoms. The topological polar surface area (TPSA) is 79.4 Å². The zero-order chi connectivity index (χ0) is 16.5. The van der Waals surface area contributed by atoms with Crippen LogP contribution in [0.25, 0.3) is 16.9 Å². The second-order valence-electron chi connectivity index (χ2n) is 5.95. The van der Waals surface area contributed by atoms with Crippen LogP contribution in [-0.2, 0) is 0 Å². The van der Waals surface area contributed by atoms with Crippen LogP contribution < -0.4 is 5.32 Å². The summed E-state index contributed by atoms with van der Waals surface area (Å²) in [5, 5.41) is 17.8. The largest absolute Gasteiger partial charge is 0.381 e. The molecular weight excluding hydrogens is 415 g/mol. The number of rotatable bonds is 3. The predicted octanol–water partition coefficient (Wildman–Crippen LogP) is 3.65. The Kier molecular flexibility index (Phi) is 4.06. The van der Waals surface area contributed by atoms with Gasteiger partial charge in [-0.1, -0.05) is 12.8 Å². The Balaban J connectivity index is 1.72. The van der Waals surface area contributed by atoms with Crippen LogP contribution >= 0.6 is 22.6 Å². The SMILES string of the molecule is N#Cc1cnc2c(cnn2-c2cc(NC3CCCC3)c(I)cn2)c1. The fraction of sp³-hybridized carbons (Fsp3) is 0.294. The Hall–Kier alpha value is -2.21. The van der Waals surface area contributed by atoms with E-state index in [1.807, 2.05) is 12.3 Å². The van der Waals surface area contributed by atoms with Crippen LogP contribution in [0.1, 0.15) is 31.2 Å². The molecule has 0 unspecified atom stereocenters. The molecule has 3 aromatic rings. The van der Waals surface area contributed by atoms with Gasteiger partial charge in [-0.2, -0.15) is 15.0 Å². The Morgan fingerprint density at radius 2 is 2.00 bits per heavy atom. The molecule has 3 heterocycles. The van der Waals surface area contributed by atoms with Crippen molar-refractivity contribution in [2.45, 2.75) is 31.7 Å². The van der Waals surface area contributed by atoms with Crippen LogP contribution in [-0.4, -0.2) is 25.8 Å². The predicted molar refractivity (Wildman–Crippen MR) is 100.0 cm³/mol. The third kappa shape index (κ3) is 2.82. The molecule has 1 N–H and O–H groups in total. The lowest BCUT2D eigenvalue weighted by molar-refractivity contribution is 0.753. The van der Waals surface area contributed by atoms with E-state index in [1.54, 1.807) is 23.1 Å². The average molecular weight is 430 g/mol. The van der Waals surface area contributed by atoms with Gasteiger partial charge in [0.05, 0.1) is 21.0 Å². The van der Waals surface area contributed by atoms with Crippen LogP contribution in [0.15, 0.2) is 30.7 Å². The summed E-state index contributed by atoms with van der Waals surface area (Å²) in [6.45, 7) is 0. The summed E-state index contributed by atoms with van der Waals surface area (Å²) in [5.41, 5.74) is 2.32. The summed E-state index contributed by atoms with van der Waals surface area (Å²) in [6, 6.07) is 6.45. The molecular formula is C17H15IN6. The fourth-order valence-electron chi connectivity index (χ4n) is 3.09. The quantitative estimate of drug-likeness (QED) is 0.642. The number of nitrogens with one attached hydrogen (secondary N) is 1. The van der Waals surface area contributed by atoms with Crippen molar-refractivity contribution in [1.82, 2.24) is 19.7 Å². The number of aromatic nitrogens is 4. The van der Waals surface area contributed by atoms with Crippen molar-refractivity contribution in [1.29, 1.82) is 5.26 Å². The number of nitrogens with zero attached hydrogens (tertiary/aromatic N) is 5. The minimum atomic E-state index is 0.529. The molecule has 1 aliphatic rings. The van der Waals surface area contributed by atoms with Crippen molar-refractivity contribution in [3.63, 3.8) is 0 Å². The normalized spacial score (nSPS) is 14.8. The highest BCUT2D eigenvalue weighted by molar-refractivity contribution is 14.1. The molecule has 0 aromatic carbocycles. The number of nitriles is 1. The maximum absolute atomic E-state index is 8.98. The number of hydrogen-bond acceptors (Lipinski definition) is 5. The summed E-state index contributed by atoms with van der Waals surface area (Å²) >= 11 is 2.30. The van der Waals surface area contributed by atoms with Gasteiger partial charge in [0.25, 0.3) is 0 Å². The first-order chi connectivity index (χ1) is 11.7. The van der Waals surface area contributed by atoms with Crippen molar-refractivity contribution in [2.24, 2.45) is 0 Å². The Bertz CT molecular complexity index is 936. The van der Waals surface area contributed by atoms with E-state index in [0.717, 1.165) is 20.5 Å². The first-order valence-electron chi connectivity index (χ1n) is 7.91. The molecule has 0 saturated heterocycles. The first-order valence-corrected chi connectivity index (χ1v) is 8.99. The number of anilines is 1. The van der Waals surface area contributed by atoms with E-state index in [1.165, 1.54) is 25.7 Å². The second kappa shape index (κ2) is 6.36. The van der Waals surface area contributed by atoms with Crippen LogP contribution in [0.4, 0.5) is 5.69 Å². The third-order valence-electron chi connectivity index (χ3n) is 4.31. The van der Waals surface area contributed by atoms with Crippen LogP contribution in [0.2, 0.25) is 0 Å². The highest BCUT2D eigenvalue weighted by Gasteiger charge is 2.17. The minimum absolute atomic E-state index is 0.529. The van der Waals surface area contributed by atoms with Gasteiger partial charge in [0.15, 0.2) is 11.5 Å². The molecule has 7 heteroatoms. The molecule has 3 aromatic heterocycles. The Morgan fingerprint density at radius 1 is 1.17 bits per heavy atom. The summed E-state index contributed by atoms with van der Waals surface area (Å²) in [5.74, 6) is 0.725. The van der Waals surface area contributed by atoms with Crippen LogP contribution in [0.5, 0.6) is 0 Å². The highest BCUT2D eigenvalue weighted by atomic mass is 127. The van der Waals surface area contributed by atoms with Gasteiger partial charge in [0, 0.05) is 29.9 Å². The molecule has 4 rings (SSSR count). The number of fused-ring (bicyclic) bond motifs is 1. The van der Waals surface area contributed by atoms with Gasteiger partial charge >= 0.3 is 0 Å². The fourth-order valence-corrected chi connectivity index (χ4v) is 3.54. The van der Waals surface area contributed by atoms with E-state index in [2.05, 4.69) is 49.0 Å². The molecule has 1 saturated carbocycles. The van der Waals surface area contributed by atoms with Gasteiger partial charge in [-0.25, -0.2) is 9.97 Å².